The molecule has 6 nitrogen and oxygen atoms in total. The fourth-order valence-corrected chi connectivity index (χ4v) is 5.27. The van der Waals surface area contributed by atoms with Crippen molar-refractivity contribution in [2.75, 3.05) is 33.3 Å². The van der Waals surface area contributed by atoms with E-state index in [2.05, 4.69) is 28.6 Å². The summed E-state index contributed by atoms with van der Waals surface area (Å²) in [4.78, 5) is 21.6. The maximum Gasteiger partial charge on any atom is 0.416 e. The number of hydrogen-bond acceptors (Lipinski definition) is 6. The van der Waals surface area contributed by atoms with Crippen LogP contribution in [0.25, 0.3) is 6.08 Å². The van der Waals surface area contributed by atoms with Crippen molar-refractivity contribution < 1.29 is 40.6 Å². The Morgan fingerprint density at radius 3 is 2.27 bits per heavy atom. The van der Waals surface area contributed by atoms with Gasteiger partial charge in [0, 0.05) is 37.8 Å². The van der Waals surface area contributed by atoms with Gasteiger partial charge in [0.15, 0.2) is 16.7 Å². The largest absolute Gasteiger partial charge is 0.493 e. The highest BCUT2D eigenvalue weighted by molar-refractivity contribution is 8.18. The van der Waals surface area contributed by atoms with Crippen molar-refractivity contribution in [2.45, 2.75) is 38.8 Å². The second-order valence-corrected chi connectivity index (χ2v) is 10.5. The zero-order valence-corrected chi connectivity index (χ0v) is 22.7. The number of nitrogens with zero attached hydrogens (tertiary/aromatic N) is 3. The lowest BCUT2D eigenvalue weighted by atomic mass is 10.0. The number of amides is 1. The number of methoxy groups -OCH3 is 1. The maximum absolute atomic E-state index is 13.5. The summed E-state index contributed by atoms with van der Waals surface area (Å²) in [6, 6.07) is 6.45. The van der Waals surface area contributed by atoms with Gasteiger partial charge in [0.05, 0.1) is 23.1 Å². The second-order valence-electron chi connectivity index (χ2n) is 9.49. The third-order valence-corrected chi connectivity index (χ3v) is 7.58. The van der Waals surface area contributed by atoms with Crippen molar-refractivity contribution in [3.63, 3.8) is 0 Å². The number of halogens is 6. The average molecular weight is 588 g/mol. The van der Waals surface area contributed by atoms with E-state index in [1.165, 1.54) is 24.9 Å². The molecule has 1 saturated heterocycles. The molecule has 0 spiro atoms. The summed E-state index contributed by atoms with van der Waals surface area (Å²) in [5.41, 5.74) is -2.71. The summed E-state index contributed by atoms with van der Waals surface area (Å²) in [5.74, 6) is -0.105. The number of carbonyl (C=O) groups is 1. The summed E-state index contributed by atoms with van der Waals surface area (Å²) in [7, 11) is 1.34. The number of rotatable bonds is 6. The minimum Gasteiger partial charge on any atom is -0.493 e. The first-order chi connectivity index (χ1) is 18.8. The van der Waals surface area contributed by atoms with E-state index >= 15 is 0 Å². The highest BCUT2D eigenvalue weighted by atomic mass is 32.2. The molecule has 0 aromatic heterocycles. The number of alkyl halides is 6. The van der Waals surface area contributed by atoms with Crippen LogP contribution in [0.2, 0.25) is 0 Å². The zero-order valence-electron chi connectivity index (χ0n) is 21.9. The normalized spacial score (nSPS) is 18.1. The molecule has 2 aromatic rings. The molecule has 0 aliphatic carbocycles. The van der Waals surface area contributed by atoms with Gasteiger partial charge in [0.1, 0.15) is 6.61 Å². The van der Waals surface area contributed by atoms with Crippen molar-refractivity contribution in [2.24, 2.45) is 4.99 Å². The Balaban J connectivity index is 1.46. The molecule has 0 radical (unpaired) electrons. The van der Waals surface area contributed by atoms with Crippen molar-refractivity contribution in [1.29, 1.82) is 0 Å². The van der Waals surface area contributed by atoms with Crippen molar-refractivity contribution in [3.05, 3.63) is 63.6 Å². The van der Waals surface area contributed by atoms with Gasteiger partial charge in [-0.05, 0) is 61.5 Å². The SMILES string of the molecule is COc1cc(C=C2SC(N3CCN(C(C)C)CC3)=NC2=O)ccc1OCc1ccc(C(F)(F)F)cc1C(F)(F)F. The first-order valence-electron chi connectivity index (χ1n) is 12.4. The third kappa shape index (κ3) is 6.92. The number of amidine groups is 1. The van der Waals surface area contributed by atoms with Crippen LogP contribution in [0, 0.1) is 0 Å². The van der Waals surface area contributed by atoms with Gasteiger partial charge in [0.25, 0.3) is 5.91 Å². The molecule has 2 heterocycles. The Bertz CT molecular complexity index is 1320. The van der Waals surface area contributed by atoms with Crippen LogP contribution in [-0.4, -0.2) is 60.2 Å². The molecule has 13 heteroatoms. The minimum atomic E-state index is -5.01. The zero-order chi connectivity index (χ0) is 29.2. The molecule has 0 unspecified atom stereocenters. The number of carbonyl (C=O) groups excluding carboxylic acids is 1. The van der Waals surface area contributed by atoms with Crippen LogP contribution >= 0.6 is 11.8 Å². The van der Waals surface area contributed by atoms with Crippen molar-refractivity contribution >= 4 is 28.9 Å². The van der Waals surface area contributed by atoms with Crippen molar-refractivity contribution in [1.82, 2.24) is 9.80 Å². The molecule has 0 saturated carbocycles. The minimum absolute atomic E-state index is 0.0715. The van der Waals surface area contributed by atoms with E-state index in [9.17, 15) is 31.1 Å². The Kier molecular flexibility index (Phi) is 8.74. The number of thioether (sulfide) groups is 1. The van der Waals surface area contributed by atoms with E-state index in [-0.39, 0.29) is 23.5 Å². The number of hydrogen-bond donors (Lipinski definition) is 0. The van der Waals surface area contributed by atoms with E-state index in [1.807, 2.05) is 0 Å². The lowest BCUT2D eigenvalue weighted by molar-refractivity contribution is -0.143. The number of aliphatic imine (C=N–C) groups is 1. The van der Waals surface area contributed by atoms with E-state index in [4.69, 9.17) is 9.47 Å². The Morgan fingerprint density at radius 1 is 0.975 bits per heavy atom. The fourth-order valence-electron chi connectivity index (χ4n) is 4.31. The highest BCUT2D eigenvalue weighted by Crippen LogP contribution is 2.39. The fraction of sp³-hybridized carbons (Fsp3) is 0.407. The third-order valence-electron chi connectivity index (χ3n) is 6.54. The molecule has 0 bridgehead atoms. The van der Waals surface area contributed by atoms with Gasteiger partial charge in [0.2, 0.25) is 0 Å². The number of piperazine rings is 1. The first-order valence-corrected chi connectivity index (χ1v) is 13.2. The van der Waals surface area contributed by atoms with Crippen LogP contribution in [0.5, 0.6) is 11.5 Å². The van der Waals surface area contributed by atoms with Gasteiger partial charge >= 0.3 is 12.4 Å². The molecule has 2 aliphatic heterocycles. The number of benzene rings is 2. The van der Waals surface area contributed by atoms with Crippen molar-refractivity contribution in [3.8, 4) is 11.5 Å². The molecule has 40 heavy (non-hydrogen) atoms. The summed E-state index contributed by atoms with van der Waals surface area (Å²) in [6.07, 6.45) is -8.28. The number of ether oxygens (including phenoxy) is 2. The average Bonchev–Trinajstić information content (AvgIpc) is 3.26. The summed E-state index contributed by atoms with van der Waals surface area (Å²) in [6.45, 7) is 6.92. The van der Waals surface area contributed by atoms with Crippen LogP contribution in [0.1, 0.15) is 36.1 Å². The standard InChI is InChI=1S/C27H27F6N3O3S/c1-16(2)35-8-10-36(11-9-35)25-34-24(37)23(40-25)13-17-4-7-21(22(12-17)38-3)39-15-18-5-6-19(26(28,29)30)14-20(18)27(31,32)33/h4-7,12-14,16H,8-11,15H2,1-3H3. The molecular formula is C27H27F6N3O3S. The molecule has 216 valence electrons. The quantitative estimate of drug-likeness (QED) is 0.292. The van der Waals surface area contributed by atoms with Gasteiger partial charge in [-0.1, -0.05) is 12.1 Å². The molecule has 1 amide bonds. The predicted molar refractivity (Wildman–Crippen MR) is 140 cm³/mol. The maximum atomic E-state index is 13.5. The van der Waals surface area contributed by atoms with Crippen LogP contribution in [0.15, 0.2) is 46.3 Å². The molecule has 2 aliphatic rings. The van der Waals surface area contributed by atoms with Crippen LogP contribution in [-0.2, 0) is 23.8 Å². The molecule has 0 atom stereocenters. The van der Waals surface area contributed by atoms with E-state index in [0.717, 1.165) is 32.2 Å². The first kappa shape index (κ1) is 29.8. The molecule has 0 N–H and O–H groups in total. The van der Waals surface area contributed by atoms with E-state index < -0.39 is 35.6 Å². The van der Waals surface area contributed by atoms with Crippen LogP contribution < -0.4 is 9.47 Å². The Hall–Kier alpha value is -3.19. The topological polar surface area (TPSA) is 54.4 Å². The lowest BCUT2D eigenvalue weighted by Gasteiger charge is -2.37. The molecule has 2 aromatic carbocycles. The van der Waals surface area contributed by atoms with Gasteiger partial charge in [-0.15, -0.1) is 0 Å². The van der Waals surface area contributed by atoms with Gasteiger partial charge in [-0.3, -0.25) is 9.69 Å². The Morgan fingerprint density at radius 2 is 1.68 bits per heavy atom. The molecular weight excluding hydrogens is 560 g/mol. The summed E-state index contributed by atoms with van der Waals surface area (Å²) >= 11 is 1.27. The monoisotopic (exact) mass is 587 g/mol. The van der Waals surface area contributed by atoms with E-state index in [1.54, 1.807) is 18.2 Å². The van der Waals surface area contributed by atoms with Gasteiger partial charge in [-0.25, -0.2) is 0 Å². The smallest absolute Gasteiger partial charge is 0.416 e. The van der Waals surface area contributed by atoms with Gasteiger partial charge in [-0.2, -0.15) is 31.3 Å². The highest BCUT2D eigenvalue weighted by Gasteiger charge is 2.38. The molecule has 4 rings (SSSR count). The molecule has 1 fully saturated rings. The van der Waals surface area contributed by atoms with E-state index in [0.29, 0.717) is 27.7 Å². The predicted octanol–water partition coefficient (Wildman–Crippen LogP) is 6.31. The Labute approximate surface area is 231 Å². The van der Waals surface area contributed by atoms with Crippen LogP contribution in [0.3, 0.4) is 0 Å². The van der Waals surface area contributed by atoms with Gasteiger partial charge < -0.3 is 14.4 Å². The lowest BCUT2D eigenvalue weighted by Crippen LogP contribution is -2.49. The van der Waals surface area contributed by atoms with Crippen LogP contribution in [0.4, 0.5) is 26.3 Å². The second kappa shape index (κ2) is 11.7. The summed E-state index contributed by atoms with van der Waals surface area (Å²) in [5, 5.41) is 0.642. The summed E-state index contributed by atoms with van der Waals surface area (Å²) < 4.78 is 90.1.